The molecule has 68 valence electrons. The van der Waals surface area contributed by atoms with Crippen molar-refractivity contribution in [2.24, 2.45) is 0 Å². The van der Waals surface area contributed by atoms with E-state index in [1.165, 1.54) is 24.8 Å². The lowest BCUT2D eigenvalue weighted by Gasteiger charge is -2.23. The maximum Gasteiger partial charge on any atom is 0.326 e. The molecule has 1 atom stereocenters. The summed E-state index contributed by atoms with van der Waals surface area (Å²) in [5.41, 5.74) is 0. The van der Waals surface area contributed by atoms with Crippen LogP contribution in [0.2, 0.25) is 0 Å². The fraction of sp³-hybridized carbons (Fsp3) is 0.500. The van der Waals surface area contributed by atoms with E-state index in [1.807, 2.05) is 0 Å². The average Bonchev–Trinajstić information content (AvgIpc) is 1.98. The van der Waals surface area contributed by atoms with Gasteiger partial charge in [-0.2, -0.15) is 0 Å². The largest absolute Gasteiger partial charge is 0.480 e. The van der Waals surface area contributed by atoms with E-state index >= 15 is 0 Å². The Morgan fingerprint density at radius 3 is 2.42 bits per heavy atom. The van der Waals surface area contributed by atoms with Crippen LogP contribution in [0.25, 0.3) is 0 Å². The lowest BCUT2D eigenvalue weighted by atomic mass is 10.3. The molecule has 0 aromatic heterocycles. The second kappa shape index (κ2) is 4.54. The van der Waals surface area contributed by atoms with Gasteiger partial charge >= 0.3 is 5.97 Å². The van der Waals surface area contributed by atoms with E-state index in [1.54, 1.807) is 0 Å². The number of carboxylic acids is 1. The SMILES string of the molecule is C=CCN(C(C)=O)C(C)C(=O)O. The molecule has 1 unspecified atom stereocenters. The van der Waals surface area contributed by atoms with Gasteiger partial charge in [0, 0.05) is 13.5 Å². The predicted octanol–water partition coefficient (Wildman–Crippen LogP) is 0.494. The van der Waals surface area contributed by atoms with Crippen molar-refractivity contribution >= 4 is 11.9 Å². The minimum atomic E-state index is -1.01. The van der Waals surface area contributed by atoms with Crippen molar-refractivity contribution in [3.63, 3.8) is 0 Å². The van der Waals surface area contributed by atoms with Crippen LogP contribution in [0.4, 0.5) is 0 Å². The van der Waals surface area contributed by atoms with Crippen molar-refractivity contribution in [2.75, 3.05) is 6.54 Å². The van der Waals surface area contributed by atoms with Crippen LogP contribution >= 0.6 is 0 Å². The molecular weight excluding hydrogens is 158 g/mol. The summed E-state index contributed by atoms with van der Waals surface area (Å²) >= 11 is 0. The van der Waals surface area contributed by atoms with Crippen LogP contribution in [0, 0.1) is 0 Å². The van der Waals surface area contributed by atoms with Gasteiger partial charge in [0.2, 0.25) is 5.91 Å². The van der Waals surface area contributed by atoms with Gasteiger partial charge in [0.15, 0.2) is 0 Å². The number of nitrogens with zero attached hydrogens (tertiary/aromatic N) is 1. The van der Waals surface area contributed by atoms with E-state index in [9.17, 15) is 9.59 Å². The van der Waals surface area contributed by atoms with Gasteiger partial charge in [0.1, 0.15) is 6.04 Å². The molecule has 0 radical (unpaired) electrons. The van der Waals surface area contributed by atoms with Crippen molar-refractivity contribution in [1.29, 1.82) is 0 Å². The van der Waals surface area contributed by atoms with E-state index in [0.717, 1.165) is 0 Å². The Labute approximate surface area is 71.5 Å². The molecule has 0 saturated heterocycles. The number of amides is 1. The highest BCUT2D eigenvalue weighted by Gasteiger charge is 2.21. The first kappa shape index (κ1) is 10.7. The van der Waals surface area contributed by atoms with Crippen molar-refractivity contribution in [3.8, 4) is 0 Å². The highest BCUT2D eigenvalue weighted by Crippen LogP contribution is 1.99. The molecule has 0 fully saturated rings. The van der Waals surface area contributed by atoms with Crippen molar-refractivity contribution < 1.29 is 14.7 Å². The zero-order valence-corrected chi connectivity index (χ0v) is 7.28. The summed E-state index contributed by atoms with van der Waals surface area (Å²) in [5.74, 6) is -1.27. The summed E-state index contributed by atoms with van der Waals surface area (Å²) in [6, 6.07) is -0.791. The van der Waals surface area contributed by atoms with Crippen molar-refractivity contribution in [2.45, 2.75) is 19.9 Å². The number of carbonyl (C=O) groups is 2. The summed E-state index contributed by atoms with van der Waals surface area (Å²) in [7, 11) is 0. The van der Waals surface area contributed by atoms with Crippen LogP contribution in [-0.2, 0) is 9.59 Å². The summed E-state index contributed by atoms with van der Waals surface area (Å²) < 4.78 is 0. The summed E-state index contributed by atoms with van der Waals surface area (Å²) in [5, 5.41) is 8.60. The number of hydrogen-bond acceptors (Lipinski definition) is 2. The minimum absolute atomic E-state index is 0.259. The minimum Gasteiger partial charge on any atom is -0.480 e. The van der Waals surface area contributed by atoms with Gasteiger partial charge in [-0.25, -0.2) is 4.79 Å². The Bertz CT molecular complexity index is 200. The molecule has 4 nitrogen and oxygen atoms in total. The van der Waals surface area contributed by atoms with Gasteiger partial charge in [-0.15, -0.1) is 6.58 Å². The molecule has 0 heterocycles. The molecule has 0 saturated carbocycles. The number of aliphatic carboxylic acids is 1. The zero-order chi connectivity index (χ0) is 9.72. The van der Waals surface area contributed by atoms with Crippen LogP contribution in [0.3, 0.4) is 0 Å². The van der Waals surface area contributed by atoms with E-state index in [-0.39, 0.29) is 12.5 Å². The molecule has 4 heteroatoms. The molecular formula is C8H13NO3. The monoisotopic (exact) mass is 171 g/mol. The standard InChI is InChI=1S/C8H13NO3/c1-4-5-9(7(3)10)6(2)8(11)12/h4,6H,1,5H2,2-3H3,(H,11,12). The molecule has 0 aliphatic rings. The normalized spacial score (nSPS) is 11.8. The number of rotatable bonds is 4. The quantitative estimate of drug-likeness (QED) is 0.626. The Hall–Kier alpha value is -1.32. The number of hydrogen-bond donors (Lipinski definition) is 1. The van der Waals surface area contributed by atoms with Gasteiger partial charge < -0.3 is 10.0 Å². The Balaban J connectivity index is 4.38. The molecule has 12 heavy (non-hydrogen) atoms. The van der Waals surface area contributed by atoms with E-state index in [2.05, 4.69) is 6.58 Å². The van der Waals surface area contributed by atoms with Gasteiger partial charge in [-0.05, 0) is 6.92 Å². The smallest absolute Gasteiger partial charge is 0.326 e. The van der Waals surface area contributed by atoms with Crippen LogP contribution in [-0.4, -0.2) is 34.5 Å². The van der Waals surface area contributed by atoms with Crippen LogP contribution < -0.4 is 0 Å². The van der Waals surface area contributed by atoms with Gasteiger partial charge in [-0.3, -0.25) is 4.79 Å². The maximum atomic E-state index is 10.9. The second-order valence-electron chi connectivity index (χ2n) is 2.47. The molecule has 1 amide bonds. The fourth-order valence-corrected chi connectivity index (χ4v) is 0.832. The zero-order valence-electron chi connectivity index (χ0n) is 7.28. The molecule has 0 spiro atoms. The molecule has 0 aromatic carbocycles. The van der Waals surface area contributed by atoms with Gasteiger partial charge in [0.25, 0.3) is 0 Å². The third-order valence-electron chi connectivity index (χ3n) is 1.56. The first-order valence-electron chi connectivity index (χ1n) is 3.61. The third kappa shape index (κ3) is 2.74. The third-order valence-corrected chi connectivity index (χ3v) is 1.56. The Morgan fingerprint density at radius 1 is 1.67 bits per heavy atom. The first-order chi connectivity index (χ1) is 5.50. The number of carboxylic acid groups (broad SMARTS) is 1. The summed E-state index contributed by atoms with van der Waals surface area (Å²) in [6.07, 6.45) is 1.50. The molecule has 0 aromatic rings. The Morgan fingerprint density at radius 2 is 2.17 bits per heavy atom. The number of carbonyl (C=O) groups excluding carboxylic acids is 1. The van der Waals surface area contributed by atoms with Crippen LogP contribution in [0.5, 0.6) is 0 Å². The van der Waals surface area contributed by atoms with Crippen LogP contribution in [0.1, 0.15) is 13.8 Å². The highest BCUT2D eigenvalue weighted by atomic mass is 16.4. The lowest BCUT2D eigenvalue weighted by Crippen LogP contribution is -2.42. The van der Waals surface area contributed by atoms with Gasteiger partial charge in [0.05, 0.1) is 0 Å². The van der Waals surface area contributed by atoms with E-state index in [0.29, 0.717) is 0 Å². The van der Waals surface area contributed by atoms with E-state index < -0.39 is 12.0 Å². The highest BCUT2D eigenvalue weighted by molar-refractivity contribution is 5.82. The summed E-state index contributed by atoms with van der Waals surface area (Å²) in [4.78, 5) is 22.6. The molecule has 0 aliphatic carbocycles. The lowest BCUT2D eigenvalue weighted by molar-refractivity contribution is -0.148. The predicted molar refractivity (Wildman–Crippen MR) is 44.7 cm³/mol. The maximum absolute atomic E-state index is 10.9. The fourth-order valence-electron chi connectivity index (χ4n) is 0.832. The molecule has 0 bridgehead atoms. The van der Waals surface area contributed by atoms with Crippen molar-refractivity contribution in [3.05, 3.63) is 12.7 Å². The topological polar surface area (TPSA) is 57.6 Å². The molecule has 0 rings (SSSR count). The first-order valence-corrected chi connectivity index (χ1v) is 3.61. The van der Waals surface area contributed by atoms with Crippen LogP contribution in [0.15, 0.2) is 12.7 Å². The molecule has 1 N–H and O–H groups in total. The summed E-state index contributed by atoms with van der Waals surface area (Å²) in [6.45, 7) is 6.51. The average molecular weight is 171 g/mol. The van der Waals surface area contributed by atoms with Crippen molar-refractivity contribution in [1.82, 2.24) is 4.90 Å². The van der Waals surface area contributed by atoms with E-state index in [4.69, 9.17) is 5.11 Å². The van der Waals surface area contributed by atoms with Gasteiger partial charge in [-0.1, -0.05) is 6.08 Å². The molecule has 0 aliphatic heterocycles. The Kier molecular flexibility index (Phi) is 4.04. The second-order valence-corrected chi connectivity index (χ2v) is 2.47.